The van der Waals surface area contributed by atoms with Crippen molar-refractivity contribution in [2.75, 3.05) is 40.0 Å². The normalized spacial score (nSPS) is 14.9. The summed E-state index contributed by atoms with van der Waals surface area (Å²) in [6.45, 7) is -1.80. The fourth-order valence-electron chi connectivity index (χ4n) is 3.29. The number of rotatable bonds is 9. The van der Waals surface area contributed by atoms with Crippen molar-refractivity contribution in [2.24, 2.45) is 0 Å². The summed E-state index contributed by atoms with van der Waals surface area (Å²) in [5.41, 5.74) is 0.673. The third-order valence-corrected chi connectivity index (χ3v) is 6.82. The van der Waals surface area contributed by atoms with Crippen molar-refractivity contribution in [1.29, 1.82) is 0 Å². The first-order valence-corrected chi connectivity index (χ1v) is 11.3. The van der Waals surface area contributed by atoms with Crippen LogP contribution in [0.1, 0.15) is 15.9 Å². The zero-order valence-corrected chi connectivity index (χ0v) is 18.2. The van der Waals surface area contributed by atoms with Crippen LogP contribution in [0.2, 0.25) is 0 Å². The molecule has 174 valence electrons. The Balaban J connectivity index is 1.69. The van der Waals surface area contributed by atoms with Crippen LogP contribution >= 0.6 is 0 Å². The number of morpholine rings is 1. The van der Waals surface area contributed by atoms with Gasteiger partial charge in [0, 0.05) is 19.6 Å². The molecule has 0 radical (unpaired) electrons. The van der Waals surface area contributed by atoms with Gasteiger partial charge in [0.05, 0.1) is 30.8 Å². The first-order valence-electron chi connectivity index (χ1n) is 9.90. The Morgan fingerprint density at radius 2 is 1.88 bits per heavy atom. The van der Waals surface area contributed by atoms with Gasteiger partial charge in [0.2, 0.25) is 10.0 Å². The average Bonchev–Trinajstić information content (AvgIpc) is 2.79. The smallest absolute Gasteiger partial charge is 0.387 e. The first-order chi connectivity index (χ1) is 15.3. The predicted octanol–water partition coefficient (Wildman–Crippen LogP) is 2.29. The van der Waals surface area contributed by atoms with Gasteiger partial charge in [-0.05, 0) is 36.2 Å². The van der Waals surface area contributed by atoms with Crippen LogP contribution in [0.3, 0.4) is 0 Å². The van der Waals surface area contributed by atoms with E-state index in [1.54, 1.807) is 18.2 Å². The second-order valence-electron chi connectivity index (χ2n) is 6.88. The number of ether oxygens (including phenoxy) is 3. The molecule has 2 aromatic rings. The molecular formula is C21H24F2N2O6S. The summed E-state index contributed by atoms with van der Waals surface area (Å²) < 4.78 is 67.1. The lowest BCUT2D eigenvalue weighted by Gasteiger charge is -2.26. The molecule has 1 heterocycles. The van der Waals surface area contributed by atoms with Gasteiger partial charge in [0.1, 0.15) is 0 Å². The SMILES string of the molecule is COc1ccc(CCNC(=O)c2ccccc2S(=O)(=O)N2CCOCC2)cc1OC(F)F. The van der Waals surface area contributed by atoms with E-state index in [1.807, 2.05) is 0 Å². The molecule has 1 aliphatic rings. The molecule has 2 aromatic carbocycles. The zero-order valence-electron chi connectivity index (χ0n) is 17.4. The third kappa shape index (κ3) is 5.72. The number of sulfonamides is 1. The second kappa shape index (κ2) is 10.7. The van der Waals surface area contributed by atoms with E-state index in [9.17, 15) is 22.0 Å². The fourth-order valence-corrected chi connectivity index (χ4v) is 4.88. The molecule has 11 heteroatoms. The number of benzene rings is 2. The molecule has 0 atom stereocenters. The number of halogens is 2. The summed E-state index contributed by atoms with van der Waals surface area (Å²) in [5, 5.41) is 2.68. The second-order valence-corrected chi connectivity index (χ2v) is 8.79. The highest BCUT2D eigenvalue weighted by Crippen LogP contribution is 2.29. The number of carbonyl (C=O) groups excluding carboxylic acids is 1. The number of alkyl halides is 2. The Morgan fingerprint density at radius 3 is 2.56 bits per heavy atom. The van der Waals surface area contributed by atoms with Gasteiger partial charge in [0.15, 0.2) is 11.5 Å². The summed E-state index contributed by atoms with van der Waals surface area (Å²) in [4.78, 5) is 12.7. The summed E-state index contributed by atoms with van der Waals surface area (Å²) in [6, 6.07) is 10.6. The van der Waals surface area contributed by atoms with E-state index in [2.05, 4.69) is 10.1 Å². The van der Waals surface area contributed by atoms with Crippen LogP contribution < -0.4 is 14.8 Å². The molecule has 1 aliphatic heterocycles. The summed E-state index contributed by atoms with van der Waals surface area (Å²) in [5.74, 6) is -0.483. The number of nitrogens with one attached hydrogen (secondary N) is 1. The standard InChI is InChI=1S/C21H24F2N2O6S/c1-29-17-7-6-15(14-18(17)31-21(22)23)8-9-24-20(26)16-4-2-3-5-19(16)32(27,28)25-10-12-30-13-11-25/h2-7,14,21H,8-13H2,1H3,(H,24,26). The number of amides is 1. The number of hydrogen-bond acceptors (Lipinski definition) is 6. The third-order valence-electron chi connectivity index (χ3n) is 4.86. The lowest BCUT2D eigenvalue weighted by molar-refractivity contribution is -0.0512. The van der Waals surface area contributed by atoms with E-state index in [4.69, 9.17) is 9.47 Å². The van der Waals surface area contributed by atoms with Gasteiger partial charge >= 0.3 is 6.61 Å². The van der Waals surface area contributed by atoms with Crippen molar-refractivity contribution < 1.29 is 36.2 Å². The first kappa shape index (κ1) is 23.9. The average molecular weight is 470 g/mol. The van der Waals surface area contributed by atoms with Crippen molar-refractivity contribution in [3.63, 3.8) is 0 Å². The molecule has 0 aromatic heterocycles. The molecule has 3 rings (SSSR count). The van der Waals surface area contributed by atoms with E-state index < -0.39 is 22.5 Å². The largest absolute Gasteiger partial charge is 0.493 e. The van der Waals surface area contributed by atoms with Crippen LogP contribution in [0.4, 0.5) is 8.78 Å². The minimum absolute atomic E-state index is 0.0374. The van der Waals surface area contributed by atoms with Gasteiger partial charge in [-0.1, -0.05) is 18.2 Å². The Labute approximate surface area is 185 Å². The van der Waals surface area contributed by atoms with Crippen LogP contribution in [0.5, 0.6) is 11.5 Å². The number of methoxy groups -OCH3 is 1. The number of carbonyl (C=O) groups is 1. The van der Waals surface area contributed by atoms with Gasteiger partial charge in [0.25, 0.3) is 5.91 Å². The van der Waals surface area contributed by atoms with Crippen molar-refractivity contribution in [2.45, 2.75) is 17.9 Å². The predicted molar refractivity (Wildman–Crippen MR) is 112 cm³/mol. The lowest BCUT2D eigenvalue weighted by Crippen LogP contribution is -2.41. The van der Waals surface area contributed by atoms with Crippen molar-refractivity contribution in [3.8, 4) is 11.5 Å². The van der Waals surface area contributed by atoms with E-state index in [0.717, 1.165) is 0 Å². The maximum atomic E-state index is 13.0. The maximum absolute atomic E-state index is 13.0. The number of hydrogen-bond donors (Lipinski definition) is 1. The Bertz CT molecular complexity index is 1040. The molecule has 1 saturated heterocycles. The van der Waals surface area contributed by atoms with Crippen LogP contribution in [0, 0.1) is 0 Å². The van der Waals surface area contributed by atoms with Gasteiger partial charge in [-0.2, -0.15) is 13.1 Å². The molecule has 0 spiro atoms. The summed E-state index contributed by atoms with van der Waals surface area (Å²) in [7, 11) is -2.51. The monoisotopic (exact) mass is 470 g/mol. The van der Waals surface area contributed by atoms with Crippen LogP contribution in [0.25, 0.3) is 0 Å². The molecule has 0 aliphatic carbocycles. The summed E-state index contributed by atoms with van der Waals surface area (Å²) in [6.07, 6.45) is 0.313. The van der Waals surface area contributed by atoms with E-state index in [-0.39, 0.29) is 41.6 Å². The molecule has 0 unspecified atom stereocenters. The highest BCUT2D eigenvalue weighted by Gasteiger charge is 2.30. The highest BCUT2D eigenvalue weighted by atomic mass is 32.2. The molecule has 8 nitrogen and oxygen atoms in total. The molecular weight excluding hydrogens is 446 g/mol. The molecule has 0 saturated carbocycles. The minimum Gasteiger partial charge on any atom is -0.493 e. The summed E-state index contributed by atoms with van der Waals surface area (Å²) >= 11 is 0. The zero-order chi connectivity index (χ0) is 23.1. The Morgan fingerprint density at radius 1 is 1.16 bits per heavy atom. The van der Waals surface area contributed by atoms with E-state index in [0.29, 0.717) is 25.2 Å². The van der Waals surface area contributed by atoms with Gasteiger partial charge in [-0.15, -0.1) is 0 Å². The van der Waals surface area contributed by atoms with Gasteiger partial charge < -0.3 is 19.5 Å². The Kier molecular flexibility index (Phi) is 7.99. The van der Waals surface area contributed by atoms with Crippen molar-refractivity contribution in [3.05, 3.63) is 53.6 Å². The van der Waals surface area contributed by atoms with Crippen LogP contribution in [-0.4, -0.2) is 65.2 Å². The molecule has 1 fully saturated rings. The molecule has 1 N–H and O–H groups in total. The molecule has 0 bridgehead atoms. The quantitative estimate of drug-likeness (QED) is 0.605. The van der Waals surface area contributed by atoms with E-state index >= 15 is 0 Å². The van der Waals surface area contributed by atoms with Crippen LogP contribution in [-0.2, 0) is 21.2 Å². The minimum atomic E-state index is -3.85. The van der Waals surface area contributed by atoms with Crippen molar-refractivity contribution in [1.82, 2.24) is 9.62 Å². The van der Waals surface area contributed by atoms with Gasteiger partial charge in [-0.25, -0.2) is 8.42 Å². The maximum Gasteiger partial charge on any atom is 0.387 e. The van der Waals surface area contributed by atoms with Gasteiger partial charge in [-0.3, -0.25) is 4.79 Å². The Hall–Kier alpha value is -2.76. The topological polar surface area (TPSA) is 94.2 Å². The lowest BCUT2D eigenvalue weighted by atomic mass is 10.1. The molecule has 1 amide bonds. The van der Waals surface area contributed by atoms with Crippen LogP contribution in [0.15, 0.2) is 47.4 Å². The highest BCUT2D eigenvalue weighted by molar-refractivity contribution is 7.89. The fraction of sp³-hybridized carbons (Fsp3) is 0.381. The van der Waals surface area contributed by atoms with Crippen molar-refractivity contribution >= 4 is 15.9 Å². The van der Waals surface area contributed by atoms with E-state index in [1.165, 1.54) is 35.7 Å². The number of nitrogens with zero attached hydrogens (tertiary/aromatic N) is 1. The molecule has 32 heavy (non-hydrogen) atoms.